The van der Waals surface area contributed by atoms with Crippen molar-refractivity contribution in [2.45, 2.75) is 18.4 Å². The molecule has 0 spiro atoms. The molecule has 1 aliphatic rings. The summed E-state index contributed by atoms with van der Waals surface area (Å²) in [5, 5.41) is 13.1. The zero-order valence-electron chi connectivity index (χ0n) is 9.45. The lowest BCUT2D eigenvalue weighted by Crippen LogP contribution is -2.60. The minimum atomic E-state index is -1.21. The second kappa shape index (κ2) is 5.13. The van der Waals surface area contributed by atoms with Gasteiger partial charge in [0.15, 0.2) is 0 Å². The number of ether oxygens (including phenoxy) is 1. The molecular formula is C9H17N3O4. The van der Waals surface area contributed by atoms with Crippen LogP contribution in [0, 0.1) is 0 Å². The fourth-order valence-electron chi connectivity index (χ4n) is 1.56. The molecule has 0 unspecified atom stereocenters. The first-order chi connectivity index (χ1) is 7.46. The van der Waals surface area contributed by atoms with E-state index in [0.717, 1.165) is 0 Å². The number of carboxylic acids is 1. The van der Waals surface area contributed by atoms with Gasteiger partial charge < -0.3 is 15.2 Å². The van der Waals surface area contributed by atoms with Gasteiger partial charge in [-0.15, -0.1) is 0 Å². The van der Waals surface area contributed by atoms with Crippen LogP contribution in [-0.2, 0) is 9.53 Å². The lowest BCUT2D eigenvalue weighted by molar-refractivity contribution is -0.148. The molecule has 0 aromatic heterocycles. The number of hydrogen-bond acceptors (Lipinski definition) is 4. The number of rotatable bonds is 3. The molecule has 0 aliphatic carbocycles. The summed E-state index contributed by atoms with van der Waals surface area (Å²) < 4.78 is 5.09. The molecule has 0 radical (unpaired) electrons. The molecule has 1 saturated heterocycles. The molecule has 1 heterocycles. The fraction of sp³-hybridized carbons (Fsp3) is 0.778. The molecule has 1 aliphatic heterocycles. The molecule has 2 amide bonds. The van der Waals surface area contributed by atoms with E-state index in [1.54, 1.807) is 14.1 Å². The summed E-state index contributed by atoms with van der Waals surface area (Å²) in [5.41, 5.74) is 1.24. The van der Waals surface area contributed by atoms with Crippen molar-refractivity contribution in [1.29, 1.82) is 0 Å². The van der Waals surface area contributed by atoms with Crippen LogP contribution < -0.4 is 10.7 Å². The molecule has 0 aromatic carbocycles. The van der Waals surface area contributed by atoms with Gasteiger partial charge in [0, 0.05) is 40.2 Å². The normalized spacial score (nSPS) is 19.2. The third-order valence-electron chi connectivity index (χ3n) is 2.43. The Labute approximate surface area is 93.7 Å². The second-order valence-corrected chi connectivity index (χ2v) is 3.96. The summed E-state index contributed by atoms with van der Waals surface area (Å²) in [4.78, 5) is 22.6. The van der Waals surface area contributed by atoms with Gasteiger partial charge in [-0.3, -0.25) is 5.43 Å². The summed E-state index contributed by atoms with van der Waals surface area (Å²) in [6.45, 7) is 0.684. The van der Waals surface area contributed by atoms with E-state index in [9.17, 15) is 9.59 Å². The van der Waals surface area contributed by atoms with E-state index < -0.39 is 17.5 Å². The van der Waals surface area contributed by atoms with Crippen LogP contribution in [0.2, 0.25) is 0 Å². The number of aliphatic carboxylic acids is 1. The maximum atomic E-state index is 11.5. The van der Waals surface area contributed by atoms with Gasteiger partial charge in [-0.25, -0.2) is 14.6 Å². The Kier molecular flexibility index (Phi) is 4.08. The number of carboxylic acid groups (broad SMARTS) is 1. The number of carbonyl (C=O) groups is 2. The number of hydrogen-bond donors (Lipinski definition) is 3. The molecular weight excluding hydrogens is 214 g/mol. The molecule has 3 N–H and O–H groups in total. The zero-order valence-corrected chi connectivity index (χ0v) is 9.45. The van der Waals surface area contributed by atoms with Gasteiger partial charge in [0.25, 0.3) is 0 Å². The number of urea groups is 1. The van der Waals surface area contributed by atoms with Crippen molar-refractivity contribution >= 4 is 12.0 Å². The average Bonchev–Trinajstić information content (AvgIpc) is 2.17. The van der Waals surface area contributed by atoms with Gasteiger partial charge in [0.2, 0.25) is 0 Å². The van der Waals surface area contributed by atoms with Gasteiger partial charge >= 0.3 is 12.0 Å². The molecule has 1 fully saturated rings. The van der Waals surface area contributed by atoms with Crippen molar-refractivity contribution in [2.75, 3.05) is 27.3 Å². The highest BCUT2D eigenvalue weighted by Crippen LogP contribution is 2.20. The van der Waals surface area contributed by atoms with E-state index in [2.05, 4.69) is 10.7 Å². The molecule has 7 heteroatoms. The predicted molar refractivity (Wildman–Crippen MR) is 55.8 cm³/mol. The van der Waals surface area contributed by atoms with E-state index >= 15 is 0 Å². The first kappa shape index (κ1) is 12.7. The second-order valence-electron chi connectivity index (χ2n) is 3.96. The first-order valence-electron chi connectivity index (χ1n) is 5.03. The summed E-state index contributed by atoms with van der Waals surface area (Å²) in [6, 6.07) is -0.519. The van der Waals surface area contributed by atoms with Gasteiger partial charge in [-0.1, -0.05) is 0 Å². The standard InChI is InChI=1S/C9H17N3O4/c1-12(2)11-8(15)10-9(7(13)14)3-5-16-6-4-9/h3-6H2,1-2H3,(H,13,14)(H2,10,11,15). The van der Waals surface area contributed by atoms with Crippen LogP contribution in [0.5, 0.6) is 0 Å². The Hall–Kier alpha value is -1.34. The smallest absolute Gasteiger partial charge is 0.330 e. The van der Waals surface area contributed by atoms with E-state index in [4.69, 9.17) is 9.84 Å². The SMILES string of the molecule is CN(C)NC(=O)NC1(C(=O)O)CCOCC1. The number of amides is 2. The highest BCUT2D eigenvalue weighted by Gasteiger charge is 2.41. The minimum Gasteiger partial charge on any atom is -0.480 e. The quantitative estimate of drug-likeness (QED) is 0.564. The third-order valence-corrected chi connectivity index (χ3v) is 2.43. The van der Waals surface area contributed by atoms with E-state index in [1.165, 1.54) is 5.01 Å². The molecule has 0 atom stereocenters. The average molecular weight is 231 g/mol. The van der Waals surface area contributed by atoms with E-state index in [1.807, 2.05) is 0 Å². The maximum absolute atomic E-state index is 11.5. The molecule has 0 aromatic rings. The highest BCUT2D eigenvalue weighted by atomic mass is 16.5. The van der Waals surface area contributed by atoms with Gasteiger partial charge in [-0.05, 0) is 0 Å². The monoisotopic (exact) mass is 231 g/mol. The Morgan fingerprint density at radius 3 is 2.31 bits per heavy atom. The number of carbonyl (C=O) groups excluding carboxylic acids is 1. The number of nitrogens with zero attached hydrogens (tertiary/aromatic N) is 1. The predicted octanol–water partition coefficient (Wildman–Crippen LogP) is -0.604. The van der Waals surface area contributed by atoms with E-state index in [0.29, 0.717) is 13.2 Å². The highest BCUT2D eigenvalue weighted by molar-refractivity contribution is 5.86. The van der Waals surface area contributed by atoms with Crippen molar-refractivity contribution in [3.8, 4) is 0 Å². The van der Waals surface area contributed by atoms with Crippen molar-refractivity contribution < 1.29 is 19.4 Å². The third kappa shape index (κ3) is 3.07. The largest absolute Gasteiger partial charge is 0.480 e. The lowest BCUT2D eigenvalue weighted by Gasteiger charge is -2.34. The summed E-state index contributed by atoms with van der Waals surface area (Å²) in [5.74, 6) is -1.02. The van der Waals surface area contributed by atoms with Crippen LogP contribution in [0.4, 0.5) is 4.79 Å². The summed E-state index contributed by atoms with van der Waals surface area (Å²) in [6.07, 6.45) is 0.562. The lowest BCUT2D eigenvalue weighted by atomic mass is 9.90. The van der Waals surface area contributed by atoms with Crippen LogP contribution in [0.15, 0.2) is 0 Å². The molecule has 7 nitrogen and oxygen atoms in total. The van der Waals surface area contributed by atoms with Crippen LogP contribution in [0.3, 0.4) is 0 Å². The number of hydrazine groups is 1. The molecule has 16 heavy (non-hydrogen) atoms. The Bertz CT molecular complexity index is 274. The van der Waals surface area contributed by atoms with Crippen LogP contribution in [0.1, 0.15) is 12.8 Å². The summed E-state index contributed by atoms with van der Waals surface area (Å²) >= 11 is 0. The molecule has 1 rings (SSSR count). The Morgan fingerprint density at radius 1 is 1.31 bits per heavy atom. The number of nitrogens with one attached hydrogen (secondary N) is 2. The molecule has 0 bridgehead atoms. The first-order valence-corrected chi connectivity index (χ1v) is 5.03. The topological polar surface area (TPSA) is 90.9 Å². The maximum Gasteiger partial charge on any atom is 0.330 e. The summed E-state index contributed by atoms with van der Waals surface area (Å²) in [7, 11) is 3.30. The molecule has 0 saturated carbocycles. The van der Waals surface area contributed by atoms with Crippen molar-refractivity contribution in [2.24, 2.45) is 0 Å². The van der Waals surface area contributed by atoms with Crippen molar-refractivity contribution in [3.05, 3.63) is 0 Å². The van der Waals surface area contributed by atoms with Gasteiger partial charge in [0.1, 0.15) is 5.54 Å². The van der Waals surface area contributed by atoms with Crippen LogP contribution in [0.25, 0.3) is 0 Å². The zero-order chi connectivity index (χ0) is 12.2. The van der Waals surface area contributed by atoms with Gasteiger partial charge in [0.05, 0.1) is 0 Å². The van der Waals surface area contributed by atoms with Crippen LogP contribution >= 0.6 is 0 Å². The van der Waals surface area contributed by atoms with Gasteiger partial charge in [-0.2, -0.15) is 0 Å². The Balaban J connectivity index is 2.64. The molecule has 92 valence electrons. The minimum absolute atomic E-state index is 0.281. The Morgan fingerprint density at radius 2 is 1.88 bits per heavy atom. The van der Waals surface area contributed by atoms with Crippen LogP contribution in [-0.4, -0.2) is 55.0 Å². The fourth-order valence-corrected chi connectivity index (χ4v) is 1.56. The van der Waals surface area contributed by atoms with Crippen molar-refractivity contribution in [3.63, 3.8) is 0 Å². The van der Waals surface area contributed by atoms with E-state index in [-0.39, 0.29) is 12.8 Å². The van der Waals surface area contributed by atoms with Crippen molar-refractivity contribution in [1.82, 2.24) is 15.8 Å².